The van der Waals surface area contributed by atoms with Crippen molar-refractivity contribution in [2.75, 3.05) is 13.2 Å². The molecule has 17 heavy (non-hydrogen) atoms. The maximum absolute atomic E-state index is 11.0. The molecule has 0 heterocycles. The standard InChI is InChI=1S/C13H20N2O2/c1-13(2,12(14)16)15-9-6-10-17-11-7-4-3-5-8-11/h3-5,7-8,15H,6,9-10H2,1-2H3,(H2,14,16). The molecule has 0 aliphatic carbocycles. The van der Waals surface area contributed by atoms with Crippen molar-refractivity contribution in [3.05, 3.63) is 30.3 Å². The highest BCUT2D eigenvalue weighted by molar-refractivity contribution is 5.83. The van der Waals surface area contributed by atoms with Crippen LogP contribution in [0.3, 0.4) is 0 Å². The zero-order valence-corrected chi connectivity index (χ0v) is 10.4. The molecule has 1 aromatic rings. The van der Waals surface area contributed by atoms with E-state index in [0.717, 1.165) is 12.2 Å². The van der Waals surface area contributed by atoms with Gasteiger partial charge in [0.15, 0.2) is 0 Å². The molecule has 0 aliphatic rings. The molecule has 94 valence electrons. The molecule has 0 saturated heterocycles. The van der Waals surface area contributed by atoms with Crippen molar-refractivity contribution in [2.24, 2.45) is 5.73 Å². The van der Waals surface area contributed by atoms with Gasteiger partial charge >= 0.3 is 0 Å². The van der Waals surface area contributed by atoms with Gasteiger partial charge in [0.2, 0.25) is 5.91 Å². The van der Waals surface area contributed by atoms with Gasteiger partial charge in [0.25, 0.3) is 0 Å². The van der Waals surface area contributed by atoms with Crippen molar-refractivity contribution >= 4 is 5.91 Å². The molecular weight excluding hydrogens is 216 g/mol. The Balaban J connectivity index is 2.15. The molecule has 1 amide bonds. The zero-order valence-electron chi connectivity index (χ0n) is 10.4. The van der Waals surface area contributed by atoms with Crippen molar-refractivity contribution in [3.8, 4) is 5.75 Å². The number of amides is 1. The number of primary amides is 1. The Bertz CT molecular complexity index is 350. The average molecular weight is 236 g/mol. The van der Waals surface area contributed by atoms with Crippen molar-refractivity contribution in [3.63, 3.8) is 0 Å². The summed E-state index contributed by atoms with van der Waals surface area (Å²) >= 11 is 0. The predicted octanol–water partition coefficient (Wildman–Crippen LogP) is 1.31. The summed E-state index contributed by atoms with van der Waals surface area (Å²) in [5.41, 5.74) is 4.58. The van der Waals surface area contributed by atoms with Crippen LogP contribution in [0.4, 0.5) is 0 Å². The van der Waals surface area contributed by atoms with E-state index in [1.165, 1.54) is 0 Å². The normalized spacial score (nSPS) is 11.2. The van der Waals surface area contributed by atoms with Crippen molar-refractivity contribution < 1.29 is 9.53 Å². The van der Waals surface area contributed by atoms with Crippen molar-refractivity contribution in [2.45, 2.75) is 25.8 Å². The van der Waals surface area contributed by atoms with Crippen LogP contribution < -0.4 is 15.8 Å². The largest absolute Gasteiger partial charge is 0.494 e. The number of hydrogen-bond acceptors (Lipinski definition) is 3. The zero-order chi connectivity index (χ0) is 12.7. The van der Waals surface area contributed by atoms with Crippen LogP contribution in [-0.2, 0) is 4.79 Å². The highest BCUT2D eigenvalue weighted by Crippen LogP contribution is 2.08. The number of benzene rings is 1. The minimum absolute atomic E-state index is 0.346. The summed E-state index contributed by atoms with van der Waals surface area (Å²) in [6, 6.07) is 9.65. The molecule has 4 heteroatoms. The molecule has 0 radical (unpaired) electrons. The first kappa shape index (κ1) is 13.5. The molecule has 0 aliphatic heterocycles. The highest BCUT2D eigenvalue weighted by atomic mass is 16.5. The third-order valence-electron chi connectivity index (χ3n) is 2.52. The first-order valence-corrected chi connectivity index (χ1v) is 5.75. The van der Waals surface area contributed by atoms with Gasteiger partial charge in [-0.15, -0.1) is 0 Å². The lowest BCUT2D eigenvalue weighted by Crippen LogP contribution is -2.51. The van der Waals surface area contributed by atoms with E-state index in [1.54, 1.807) is 13.8 Å². The van der Waals surface area contributed by atoms with Gasteiger partial charge in [-0.25, -0.2) is 0 Å². The molecule has 0 saturated carbocycles. The Hall–Kier alpha value is -1.55. The average Bonchev–Trinajstić information content (AvgIpc) is 2.29. The molecule has 1 aromatic carbocycles. The van der Waals surface area contributed by atoms with E-state index in [1.807, 2.05) is 30.3 Å². The van der Waals surface area contributed by atoms with Crippen molar-refractivity contribution in [1.82, 2.24) is 5.32 Å². The summed E-state index contributed by atoms with van der Waals surface area (Å²) in [7, 11) is 0. The van der Waals surface area contributed by atoms with Crippen molar-refractivity contribution in [1.29, 1.82) is 0 Å². The number of para-hydroxylation sites is 1. The lowest BCUT2D eigenvalue weighted by atomic mass is 10.1. The van der Waals surface area contributed by atoms with E-state index in [4.69, 9.17) is 10.5 Å². The smallest absolute Gasteiger partial charge is 0.237 e. The first-order valence-electron chi connectivity index (χ1n) is 5.75. The van der Waals surface area contributed by atoms with E-state index in [9.17, 15) is 4.79 Å². The second-order valence-electron chi connectivity index (χ2n) is 4.43. The number of carbonyl (C=O) groups excluding carboxylic acids is 1. The van der Waals surface area contributed by atoms with Crippen LogP contribution in [0.25, 0.3) is 0 Å². The number of rotatable bonds is 7. The third-order valence-corrected chi connectivity index (χ3v) is 2.52. The Labute approximate surface area is 102 Å². The van der Waals surface area contributed by atoms with Crippen LogP contribution in [0.2, 0.25) is 0 Å². The lowest BCUT2D eigenvalue weighted by molar-refractivity contribution is -0.123. The highest BCUT2D eigenvalue weighted by Gasteiger charge is 2.23. The van der Waals surface area contributed by atoms with Crippen LogP contribution in [0, 0.1) is 0 Å². The Morgan fingerprint density at radius 2 is 2.00 bits per heavy atom. The molecule has 0 bridgehead atoms. The molecule has 3 N–H and O–H groups in total. The van der Waals surface area contributed by atoms with Gasteiger partial charge < -0.3 is 15.8 Å². The summed E-state index contributed by atoms with van der Waals surface area (Å²) in [5, 5.41) is 3.09. The monoisotopic (exact) mass is 236 g/mol. The maximum atomic E-state index is 11.0. The molecule has 1 rings (SSSR count). The molecule has 4 nitrogen and oxygen atoms in total. The van der Waals surface area contributed by atoms with Crippen LogP contribution in [0.15, 0.2) is 30.3 Å². The first-order chi connectivity index (χ1) is 8.02. The predicted molar refractivity (Wildman–Crippen MR) is 67.8 cm³/mol. The van der Waals surface area contributed by atoms with Gasteiger partial charge in [0, 0.05) is 0 Å². The van der Waals surface area contributed by atoms with Crippen LogP contribution in [0.1, 0.15) is 20.3 Å². The number of hydrogen-bond donors (Lipinski definition) is 2. The topological polar surface area (TPSA) is 64.3 Å². The van der Waals surface area contributed by atoms with Gasteiger partial charge in [0.1, 0.15) is 5.75 Å². The van der Waals surface area contributed by atoms with E-state index < -0.39 is 5.54 Å². The Kier molecular flexibility index (Phi) is 4.97. The summed E-state index contributed by atoms with van der Waals surface area (Å²) in [6.45, 7) is 4.86. The second-order valence-corrected chi connectivity index (χ2v) is 4.43. The number of nitrogens with two attached hydrogens (primary N) is 1. The Morgan fingerprint density at radius 1 is 1.35 bits per heavy atom. The van der Waals surface area contributed by atoms with Gasteiger partial charge in [-0.2, -0.15) is 0 Å². The SMILES string of the molecule is CC(C)(NCCCOc1ccccc1)C(N)=O. The van der Waals surface area contributed by atoms with Crippen LogP contribution in [0.5, 0.6) is 5.75 Å². The second kappa shape index (κ2) is 6.25. The molecule has 0 atom stereocenters. The van der Waals surface area contributed by atoms with E-state index in [2.05, 4.69) is 5.32 Å². The molecular formula is C13H20N2O2. The maximum Gasteiger partial charge on any atom is 0.237 e. The summed E-state index contributed by atoms with van der Waals surface area (Å²) in [5.74, 6) is 0.517. The number of ether oxygens (including phenoxy) is 1. The van der Waals surface area contributed by atoms with E-state index in [-0.39, 0.29) is 5.91 Å². The van der Waals surface area contributed by atoms with Crippen LogP contribution in [-0.4, -0.2) is 24.6 Å². The molecule has 0 unspecified atom stereocenters. The number of nitrogens with one attached hydrogen (secondary N) is 1. The summed E-state index contributed by atoms with van der Waals surface area (Å²) < 4.78 is 5.53. The summed E-state index contributed by atoms with van der Waals surface area (Å²) in [6.07, 6.45) is 0.825. The fourth-order valence-corrected chi connectivity index (χ4v) is 1.27. The lowest BCUT2D eigenvalue weighted by Gasteiger charge is -2.22. The fraction of sp³-hybridized carbons (Fsp3) is 0.462. The minimum Gasteiger partial charge on any atom is -0.494 e. The third kappa shape index (κ3) is 4.87. The fourth-order valence-electron chi connectivity index (χ4n) is 1.27. The Morgan fingerprint density at radius 3 is 2.59 bits per heavy atom. The van der Waals surface area contributed by atoms with E-state index in [0.29, 0.717) is 13.2 Å². The van der Waals surface area contributed by atoms with Gasteiger partial charge in [-0.3, -0.25) is 4.79 Å². The molecule has 0 fully saturated rings. The van der Waals surface area contributed by atoms with Crippen LogP contribution >= 0.6 is 0 Å². The quantitative estimate of drug-likeness (QED) is 0.702. The van der Waals surface area contributed by atoms with Gasteiger partial charge in [-0.1, -0.05) is 18.2 Å². The minimum atomic E-state index is -0.660. The number of carbonyl (C=O) groups is 1. The summed E-state index contributed by atoms with van der Waals surface area (Å²) in [4.78, 5) is 11.0. The van der Waals surface area contributed by atoms with Gasteiger partial charge in [-0.05, 0) is 38.9 Å². The van der Waals surface area contributed by atoms with Gasteiger partial charge in [0.05, 0.1) is 12.1 Å². The molecule has 0 spiro atoms. The molecule has 0 aromatic heterocycles. The van der Waals surface area contributed by atoms with E-state index >= 15 is 0 Å².